The first-order chi connectivity index (χ1) is 13.7. The van der Waals surface area contributed by atoms with E-state index in [4.69, 9.17) is 16.2 Å². The van der Waals surface area contributed by atoms with E-state index in [-0.39, 0.29) is 0 Å². The van der Waals surface area contributed by atoms with Crippen LogP contribution < -0.4 is 21.7 Å². The summed E-state index contributed by atoms with van der Waals surface area (Å²) < 4.78 is 5.77. The minimum absolute atomic E-state index is 0.442. The third kappa shape index (κ3) is 5.86. The summed E-state index contributed by atoms with van der Waals surface area (Å²) in [5, 5.41) is 3.35. The maximum atomic E-state index is 6.18. The van der Waals surface area contributed by atoms with E-state index in [0.29, 0.717) is 24.3 Å². The van der Waals surface area contributed by atoms with E-state index >= 15 is 0 Å². The molecule has 1 aromatic rings. The second-order valence-electron chi connectivity index (χ2n) is 7.75. The molecule has 28 heavy (non-hydrogen) atoms. The lowest BCUT2D eigenvalue weighted by Crippen LogP contribution is -2.36. The van der Waals surface area contributed by atoms with Gasteiger partial charge < -0.3 is 26.4 Å². The van der Waals surface area contributed by atoms with E-state index in [1.165, 1.54) is 5.56 Å². The Bertz CT molecular complexity index is 658. The molecule has 2 aliphatic rings. The highest BCUT2D eigenvalue weighted by Crippen LogP contribution is 2.21. The molecule has 0 aliphatic carbocycles. The van der Waals surface area contributed by atoms with Crippen molar-refractivity contribution in [2.24, 2.45) is 23.3 Å². The average Bonchev–Trinajstić information content (AvgIpc) is 2.77. The van der Waals surface area contributed by atoms with Gasteiger partial charge in [-0.2, -0.15) is 0 Å². The van der Waals surface area contributed by atoms with E-state index in [1.54, 1.807) is 6.08 Å². The summed E-state index contributed by atoms with van der Waals surface area (Å²) in [6, 6.07) is 0. The van der Waals surface area contributed by atoms with Crippen molar-refractivity contribution >= 4 is 5.95 Å². The molecule has 3 rings (SSSR count). The highest BCUT2D eigenvalue weighted by Gasteiger charge is 2.21. The van der Waals surface area contributed by atoms with Crippen LogP contribution in [0.25, 0.3) is 0 Å². The van der Waals surface area contributed by atoms with Crippen LogP contribution in [0, 0.1) is 11.8 Å². The smallest absolute Gasteiger partial charge is 0.225 e. The van der Waals surface area contributed by atoms with Crippen molar-refractivity contribution in [2.45, 2.75) is 39.0 Å². The fourth-order valence-electron chi connectivity index (χ4n) is 3.73. The van der Waals surface area contributed by atoms with Gasteiger partial charge in [-0.05, 0) is 68.8 Å². The van der Waals surface area contributed by atoms with Crippen molar-refractivity contribution in [1.82, 2.24) is 15.3 Å². The largest absolute Gasteiger partial charge is 0.479 e. The molecule has 1 aromatic heterocycles. The highest BCUT2D eigenvalue weighted by atomic mass is 16.5. The second-order valence-corrected chi connectivity index (χ2v) is 7.75. The van der Waals surface area contributed by atoms with Gasteiger partial charge in [-0.3, -0.25) is 0 Å². The molecule has 7 heteroatoms. The lowest BCUT2D eigenvalue weighted by atomic mass is 9.94. The SMILES string of the molecule is CCc1cnc(N2CCC(CO/C(N)=C/C=C(\N)C3CCNCC3)CC2)nc1. The molecule has 0 amide bonds. The average molecular weight is 387 g/mol. The summed E-state index contributed by atoms with van der Waals surface area (Å²) in [6.45, 7) is 6.72. The van der Waals surface area contributed by atoms with Crippen LogP contribution in [0.1, 0.15) is 38.2 Å². The Hall–Kier alpha value is -2.28. The zero-order valence-corrected chi connectivity index (χ0v) is 16.9. The summed E-state index contributed by atoms with van der Waals surface area (Å²) in [5.41, 5.74) is 14.3. The number of nitrogens with one attached hydrogen (secondary N) is 1. The number of anilines is 1. The van der Waals surface area contributed by atoms with Gasteiger partial charge in [0.15, 0.2) is 5.88 Å². The van der Waals surface area contributed by atoms with Crippen LogP contribution in [0.2, 0.25) is 0 Å². The van der Waals surface area contributed by atoms with Gasteiger partial charge in [-0.15, -0.1) is 0 Å². The lowest BCUT2D eigenvalue weighted by molar-refractivity contribution is 0.148. The first-order valence-electron chi connectivity index (χ1n) is 10.5. The monoisotopic (exact) mass is 386 g/mol. The normalized spacial score (nSPS) is 20.4. The van der Waals surface area contributed by atoms with Crippen LogP contribution in [0.5, 0.6) is 0 Å². The maximum Gasteiger partial charge on any atom is 0.225 e. The predicted molar refractivity (Wildman–Crippen MR) is 112 cm³/mol. The van der Waals surface area contributed by atoms with Crippen LogP contribution in [0.4, 0.5) is 5.95 Å². The second kappa shape index (κ2) is 10.3. The number of aromatic nitrogens is 2. The minimum atomic E-state index is 0.442. The van der Waals surface area contributed by atoms with Crippen molar-refractivity contribution < 1.29 is 4.74 Å². The van der Waals surface area contributed by atoms with Crippen molar-refractivity contribution in [1.29, 1.82) is 0 Å². The molecule has 0 radical (unpaired) electrons. The summed E-state index contributed by atoms with van der Waals surface area (Å²) in [4.78, 5) is 11.2. The number of hydrogen-bond donors (Lipinski definition) is 3. The van der Waals surface area contributed by atoms with Gasteiger partial charge in [0, 0.05) is 37.1 Å². The summed E-state index contributed by atoms with van der Waals surface area (Å²) in [7, 11) is 0. The first kappa shape index (κ1) is 20.5. The van der Waals surface area contributed by atoms with Gasteiger partial charge in [-0.25, -0.2) is 9.97 Å². The van der Waals surface area contributed by atoms with Gasteiger partial charge in [0.2, 0.25) is 5.95 Å². The predicted octanol–water partition coefficient (Wildman–Crippen LogP) is 1.91. The molecule has 0 spiro atoms. The topological polar surface area (TPSA) is 102 Å². The molecule has 154 valence electrons. The van der Waals surface area contributed by atoms with Gasteiger partial charge >= 0.3 is 0 Å². The number of hydrogen-bond acceptors (Lipinski definition) is 7. The van der Waals surface area contributed by atoms with E-state index in [0.717, 1.165) is 69.9 Å². The van der Waals surface area contributed by atoms with Crippen LogP contribution in [0.15, 0.2) is 36.1 Å². The molecule has 0 aromatic carbocycles. The van der Waals surface area contributed by atoms with Crippen molar-refractivity contribution in [3.05, 3.63) is 41.7 Å². The number of nitrogens with two attached hydrogens (primary N) is 2. The van der Waals surface area contributed by atoms with Gasteiger partial charge in [0.25, 0.3) is 0 Å². The van der Waals surface area contributed by atoms with E-state index in [2.05, 4.69) is 27.1 Å². The Morgan fingerprint density at radius 2 is 1.82 bits per heavy atom. The Balaban J connectivity index is 1.40. The number of allylic oxidation sites excluding steroid dienone is 3. The van der Waals surface area contributed by atoms with E-state index in [9.17, 15) is 0 Å². The van der Waals surface area contributed by atoms with Crippen LogP contribution in [0.3, 0.4) is 0 Å². The molecule has 2 fully saturated rings. The number of ether oxygens (including phenoxy) is 1. The highest BCUT2D eigenvalue weighted by molar-refractivity contribution is 5.30. The lowest BCUT2D eigenvalue weighted by Gasteiger charge is -2.31. The Kier molecular flexibility index (Phi) is 7.54. The quantitative estimate of drug-likeness (QED) is 0.486. The molecular weight excluding hydrogens is 352 g/mol. The molecule has 5 N–H and O–H groups in total. The summed E-state index contributed by atoms with van der Waals surface area (Å²) in [5.74, 6) is 2.22. The molecule has 0 atom stereocenters. The van der Waals surface area contributed by atoms with Crippen molar-refractivity contribution in [3.8, 4) is 0 Å². The molecule has 0 bridgehead atoms. The molecule has 2 aliphatic heterocycles. The number of aryl methyl sites for hydroxylation is 1. The zero-order valence-electron chi connectivity index (χ0n) is 16.9. The third-order valence-corrected chi connectivity index (χ3v) is 5.73. The molecule has 0 saturated carbocycles. The fraction of sp³-hybridized carbons (Fsp3) is 0.619. The van der Waals surface area contributed by atoms with Crippen molar-refractivity contribution in [2.75, 3.05) is 37.7 Å². The van der Waals surface area contributed by atoms with Gasteiger partial charge in [0.1, 0.15) is 0 Å². The summed E-state index contributed by atoms with van der Waals surface area (Å²) in [6.07, 6.45) is 12.8. The van der Waals surface area contributed by atoms with Crippen molar-refractivity contribution in [3.63, 3.8) is 0 Å². The number of piperidine rings is 2. The number of rotatable bonds is 7. The van der Waals surface area contributed by atoms with Crippen LogP contribution in [-0.4, -0.2) is 42.8 Å². The fourth-order valence-corrected chi connectivity index (χ4v) is 3.73. The standard InChI is InChI=1S/C21H34N6O/c1-2-16-13-25-21(26-14-16)27-11-7-17(8-12-27)15-28-20(23)4-3-19(22)18-5-9-24-10-6-18/h3-4,13-14,17-18,24H,2,5-12,15,22-23H2,1H3/b19-3-,20-4+. The minimum Gasteiger partial charge on any atom is -0.479 e. The Labute approximate surface area is 168 Å². The maximum absolute atomic E-state index is 6.18. The molecule has 7 nitrogen and oxygen atoms in total. The van der Waals surface area contributed by atoms with Gasteiger partial charge in [0.05, 0.1) is 6.61 Å². The molecule has 3 heterocycles. The molecule has 2 saturated heterocycles. The van der Waals surface area contributed by atoms with E-state index < -0.39 is 0 Å². The summed E-state index contributed by atoms with van der Waals surface area (Å²) >= 11 is 0. The first-order valence-corrected chi connectivity index (χ1v) is 10.5. The van der Waals surface area contributed by atoms with Crippen LogP contribution >= 0.6 is 0 Å². The van der Waals surface area contributed by atoms with Crippen LogP contribution in [-0.2, 0) is 11.2 Å². The Morgan fingerprint density at radius 1 is 1.14 bits per heavy atom. The molecular formula is C21H34N6O. The zero-order chi connectivity index (χ0) is 19.8. The Morgan fingerprint density at radius 3 is 2.46 bits per heavy atom. The number of nitrogens with zero attached hydrogens (tertiary/aromatic N) is 3. The third-order valence-electron chi connectivity index (χ3n) is 5.73. The van der Waals surface area contributed by atoms with Gasteiger partial charge in [-0.1, -0.05) is 6.92 Å². The molecule has 0 unspecified atom stereocenters. The van der Waals surface area contributed by atoms with E-state index in [1.807, 2.05) is 18.5 Å².